The lowest BCUT2D eigenvalue weighted by molar-refractivity contribution is 0.0941. The lowest BCUT2D eigenvalue weighted by atomic mass is 10.2. The maximum absolute atomic E-state index is 11.9. The van der Waals surface area contributed by atoms with Gasteiger partial charge in [-0.1, -0.05) is 48.0 Å². The molecule has 5 nitrogen and oxygen atoms in total. The van der Waals surface area contributed by atoms with Crippen LogP contribution >= 0.6 is 15.9 Å². The van der Waals surface area contributed by atoms with Crippen molar-refractivity contribution in [1.82, 2.24) is 20.5 Å². The molecule has 1 aromatic heterocycles. The van der Waals surface area contributed by atoms with E-state index >= 15 is 0 Å². The van der Waals surface area contributed by atoms with Crippen molar-refractivity contribution in [1.29, 1.82) is 0 Å². The van der Waals surface area contributed by atoms with Gasteiger partial charge in [0, 0.05) is 16.9 Å². The van der Waals surface area contributed by atoms with Gasteiger partial charge in [0.25, 0.3) is 5.91 Å². The summed E-state index contributed by atoms with van der Waals surface area (Å²) in [6, 6.07) is 7.74. The second kappa shape index (κ2) is 5.97. The van der Waals surface area contributed by atoms with Gasteiger partial charge in [-0.3, -0.25) is 9.89 Å². The number of nitrogens with one attached hydrogen (secondary N) is 2. The van der Waals surface area contributed by atoms with Crippen molar-refractivity contribution in [2.75, 3.05) is 0 Å². The number of aromatic nitrogens is 3. The molecule has 0 aliphatic carbocycles. The third kappa shape index (κ3) is 3.41. The minimum atomic E-state index is -0.279. The fraction of sp³-hybridized carbons (Fsp3) is 0.308. The van der Waals surface area contributed by atoms with E-state index in [1.807, 2.05) is 38.1 Å². The maximum Gasteiger partial charge on any atom is 0.291 e. The molecule has 2 aromatic rings. The highest BCUT2D eigenvalue weighted by atomic mass is 79.9. The average molecular weight is 323 g/mol. The Labute approximate surface area is 120 Å². The summed E-state index contributed by atoms with van der Waals surface area (Å²) in [6.07, 6.45) is 0. The number of hydrogen-bond acceptors (Lipinski definition) is 3. The first-order chi connectivity index (χ1) is 9.08. The predicted octanol–water partition coefficient (Wildman–Crippen LogP) is 2.62. The molecule has 0 fully saturated rings. The number of benzene rings is 1. The first-order valence-electron chi connectivity index (χ1n) is 6.02. The van der Waals surface area contributed by atoms with Crippen LogP contribution in [0.5, 0.6) is 0 Å². The van der Waals surface area contributed by atoms with Crippen LogP contribution in [0.4, 0.5) is 0 Å². The number of nitrogens with zero attached hydrogens (tertiary/aromatic N) is 2. The topological polar surface area (TPSA) is 70.7 Å². The van der Waals surface area contributed by atoms with E-state index in [1.165, 1.54) is 0 Å². The zero-order valence-electron chi connectivity index (χ0n) is 10.8. The fourth-order valence-corrected chi connectivity index (χ4v) is 1.96. The summed E-state index contributed by atoms with van der Waals surface area (Å²) in [4.78, 5) is 16.0. The lowest BCUT2D eigenvalue weighted by Crippen LogP contribution is -2.24. The van der Waals surface area contributed by atoms with E-state index in [-0.39, 0.29) is 17.6 Å². The van der Waals surface area contributed by atoms with Gasteiger partial charge in [0.15, 0.2) is 0 Å². The fourth-order valence-electron chi connectivity index (χ4n) is 1.53. The van der Waals surface area contributed by atoms with Gasteiger partial charge in [0.1, 0.15) is 5.82 Å². The van der Waals surface area contributed by atoms with Crippen LogP contribution in [-0.4, -0.2) is 21.1 Å². The van der Waals surface area contributed by atoms with Crippen LogP contribution in [0, 0.1) is 0 Å². The molecule has 6 heteroatoms. The number of rotatable bonds is 4. The Balaban J connectivity index is 1.99. The zero-order valence-corrected chi connectivity index (χ0v) is 12.4. The third-order valence-corrected chi connectivity index (χ3v) is 3.42. The lowest BCUT2D eigenvalue weighted by Gasteiger charge is -2.04. The maximum atomic E-state index is 11.9. The van der Waals surface area contributed by atoms with Crippen LogP contribution in [0.1, 0.15) is 41.8 Å². The number of carbonyl (C=O) groups excluding carboxylic acids is 1. The van der Waals surface area contributed by atoms with Gasteiger partial charge in [-0.15, -0.1) is 5.10 Å². The number of amides is 1. The first kappa shape index (κ1) is 13.7. The zero-order chi connectivity index (χ0) is 13.8. The van der Waals surface area contributed by atoms with Crippen molar-refractivity contribution in [2.24, 2.45) is 0 Å². The molecule has 0 aliphatic rings. The van der Waals surface area contributed by atoms with E-state index in [0.29, 0.717) is 12.4 Å². The summed E-state index contributed by atoms with van der Waals surface area (Å²) in [5, 5.41) is 9.47. The highest BCUT2D eigenvalue weighted by Crippen LogP contribution is 2.15. The van der Waals surface area contributed by atoms with Crippen molar-refractivity contribution in [2.45, 2.75) is 26.3 Å². The van der Waals surface area contributed by atoms with Gasteiger partial charge in [-0.05, 0) is 11.6 Å². The van der Waals surface area contributed by atoms with Gasteiger partial charge in [0.2, 0.25) is 5.82 Å². The monoisotopic (exact) mass is 322 g/mol. The van der Waals surface area contributed by atoms with Gasteiger partial charge in [-0.25, -0.2) is 4.98 Å². The van der Waals surface area contributed by atoms with E-state index in [1.54, 1.807) is 0 Å². The van der Waals surface area contributed by atoms with Gasteiger partial charge in [-0.2, -0.15) is 0 Å². The molecule has 19 heavy (non-hydrogen) atoms. The molecule has 0 saturated carbocycles. The smallest absolute Gasteiger partial charge is 0.291 e. The standard InChI is InChI=1S/C13H15BrN4O/c1-8(2)11-16-12(18-17-11)13(19)15-7-9-5-3-4-6-10(9)14/h3-6,8H,7H2,1-2H3,(H,15,19)(H,16,17,18). The van der Waals surface area contributed by atoms with E-state index in [9.17, 15) is 4.79 Å². The molecular weight excluding hydrogens is 308 g/mol. The van der Waals surface area contributed by atoms with Gasteiger partial charge < -0.3 is 5.32 Å². The molecule has 0 aliphatic heterocycles. The normalized spacial score (nSPS) is 10.7. The summed E-state index contributed by atoms with van der Waals surface area (Å²) >= 11 is 3.44. The SMILES string of the molecule is CC(C)c1nc(C(=O)NCc2ccccc2Br)n[nH]1. The highest BCUT2D eigenvalue weighted by molar-refractivity contribution is 9.10. The first-order valence-corrected chi connectivity index (χ1v) is 6.81. The van der Waals surface area contributed by atoms with E-state index in [4.69, 9.17) is 0 Å². The molecule has 1 heterocycles. The Morgan fingerprint density at radius 3 is 2.79 bits per heavy atom. The van der Waals surface area contributed by atoms with Crippen LogP contribution in [0.15, 0.2) is 28.7 Å². The van der Waals surface area contributed by atoms with E-state index < -0.39 is 0 Å². The van der Waals surface area contributed by atoms with Crippen molar-refractivity contribution in [3.63, 3.8) is 0 Å². The quantitative estimate of drug-likeness (QED) is 0.909. The predicted molar refractivity (Wildman–Crippen MR) is 75.8 cm³/mol. The molecule has 2 N–H and O–H groups in total. The Kier molecular flexibility index (Phi) is 4.31. The minimum absolute atomic E-state index is 0.177. The van der Waals surface area contributed by atoms with Crippen LogP contribution < -0.4 is 5.32 Å². The molecule has 1 aromatic carbocycles. The van der Waals surface area contributed by atoms with E-state index in [2.05, 4.69) is 36.4 Å². The Bertz CT molecular complexity index is 580. The number of carbonyl (C=O) groups is 1. The summed E-state index contributed by atoms with van der Waals surface area (Å²) in [7, 11) is 0. The number of halogens is 1. The Morgan fingerprint density at radius 1 is 1.42 bits per heavy atom. The number of aromatic amines is 1. The molecular formula is C13H15BrN4O. The van der Waals surface area contributed by atoms with Crippen molar-refractivity contribution < 1.29 is 4.79 Å². The van der Waals surface area contributed by atoms with Crippen LogP contribution in [-0.2, 0) is 6.54 Å². The highest BCUT2D eigenvalue weighted by Gasteiger charge is 2.13. The minimum Gasteiger partial charge on any atom is -0.345 e. The molecule has 0 atom stereocenters. The number of hydrogen-bond donors (Lipinski definition) is 2. The molecule has 0 radical (unpaired) electrons. The third-order valence-electron chi connectivity index (χ3n) is 2.65. The Morgan fingerprint density at radius 2 is 2.16 bits per heavy atom. The second-order valence-electron chi connectivity index (χ2n) is 4.47. The van der Waals surface area contributed by atoms with Crippen molar-refractivity contribution in [3.05, 3.63) is 46.0 Å². The Hall–Kier alpha value is -1.69. The van der Waals surface area contributed by atoms with Crippen molar-refractivity contribution >= 4 is 21.8 Å². The largest absolute Gasteiger partial charge is 0.345 e. The molecule has 1 amide bonds. The van der Waals surface area contributed by atoms with Gasteiger partial charge >= 0.3 is 0 Å². The average Bonchev–Trinajstić information content (AvgIpc) is 2.87. The molecule has 0 unspecified atom stereocenters. The van der Waals surface area contributed by atoms with E-state index in [0.717, 1.165) is 10.0 Å². The molecule has 0 bridgehead atoms. The summed E-state index contributed by atoms with van der Waals surface area (Å²) in [5.74, 6) is 0.831. The molecule has 0 spiro atoms. The summed E-state index contributed by atoms with van der Waals surface area (Å²) in [5.41, 5.74) is 1.01. The second-order valence-corrected chi connectivity index (χ2v) is 5.33. The van der Waals surface area contributed by atoms with Crippen LogP contribution in [0.3, 0.4) is 0 Å². The molecule has 0 saturated heterocycles. The van der Waals surface area contributed by atoms with Gasteiger partial charge in [0.05, 0.1) is 0 Å². The van der Waals surface area contributed by atoms with Crippen molar-refractivity contribution in [3.8, 4) is 0 Å². The molecule has 2 rings (SSSR count). The molecule has 100 valence electrons. The summed E-state index contributed by atoms with van der Waals surface area (Å²) < 4.78 is 0.966. The van der Waals surface area contributed by atoms with Crippen LogP contribution in [0.2, 0.25) is 0 Å². The number of H-pyrrole nitrogens is 1. The summed E-state index contributed by atoms with van der Waals surface area (Å²) in [6.45, 7) is 4.42. The van der Waals surface area contributed by atoms with Crippen LogP contribution in [0.25, 0.3) is 0 Å².